The van der Waals surface area contributed by atoms with Crippen molar-refractivity contribution in [3.8, 4) is 0 Å². The van der Waals surface area contributed by atoms with E-state index >= 15 is 0 Å². The summed E-state index contributed by atoms with van der Waals surface area (Å²) in [6, 6.07) is 0.954. The second kappa shape index (κ2) is 4.90. The van der Waals surface area contributed by atoms with Crippen LogP contribution < -0.4 is 0 Å². The van der Waals surface area contributed by atoms with Gasteiger partial charge in [0.15, 0.2) is 0 Å². The molecule has 1 nitrogen and oxygen atoms in total. The van der Waals surface area contributed by atoms with Crippen LogP contribution in [0.4, 0.5) is 13.2 Å². The first-order valence-electron chi connectivity index (χ1n) is 3.95. The maximum Gasteiger partial charge on any atom is 0.417 e. The minimum absolute atomic E-state index is 0.0426. The van der Waals surface area contributed by atoms with Gasteiger partial charge in [-0.05, 0) is 6.07 Å². The van der Waals surface area contributed by atoms with E-state index in [0.29, 0.717) is 11.9 Å². The lowest BCUT2D eigenvalue weighted by atomic mass is 10.2. The monoisotopic (exact) mass is 253 g/mol. The third kappa shape index (κ3) is 3.43. The van der Waals surface area contributed by atoms with Crippen LogP contribution in [0.5, 0.6) is 0 Å². The predicted molar refractivity (Wildman–Crippen MR) is 57.1 cm³/mol. The van der Waals surface area contributed by atoms with Crippen molar-refractivity contribution in [2.24, 2.45) is 0 Å². The van der Waals surface area contributed by atoms with Gasteiger partial charge >= 0.3 is 6.18 Å². The van der Waals surface area contributed by atoms with Gasteiger partial charge in [-0.15, -0.1) is 0 Å². The third-order valence-electron chi connectivity index (χ3n) is 1.60. The summed E-state index contributed by atoms with van der Waals surface area (Å²) in [5, 5.41) is 0.0426. The molecule has 1 aromatic heterocycles. The summed E-state index contributed by atoms with van der Waals surface area (Å²) in [5.41, 5.74) is -0.578. The van der Waals surface area contributed by atoms with Crippen molar-refractivity contribution >= 4 is 30.3 Å². The highest BCUT2D eigenvalue weighted by atomic mass is 35.5. The first-order valence-corrected chi connectivity index (χ1v) is 4.96. The SMILES string of the molecule is FC(F)(F)c1cnc(Cl)c(C=CCS)c1. The van der Waals surface area contributed by atoms with Crippen molar-refractivity contribution in [2.75, 3.05) is 5.75 Å². The highest BCUT2D eigenvalue weighted by molar-refractivity contribution is 7.80. The van der Waals surface area contributed by atoms with Gasteiger partial charge in [-0.25, -0.2) is 4.98 Å². The fourth-order valence-corrected chi connectivity index (χ4v) is 1.19. The average molecular weight is 254 g/mol. The van der Waals surface area contributed by atoms with Gasteiger partial charge in [-0.1, -0.05) is 23.8 Å². The molecular formula is C9H7ClF3NS. The Kier molecular flexibility index (Phi) is 4.04. The van der Waals surface area contributed by atoms with Crippen LogP contribution in [0.15, 0.2) is 18.3 Å². The van der Waals surface area contributed by atoms with Gasteiger partial charge in [-0.2, -0.15) is 25.8 Å². The minimum atomic E-state index is -4.40. The lowest BCUT2D eigenvalue weighted by Gasteiger charge is -2.07. The molecule has 0 aromatic carbocycles. The Labute approximate surface area is 95.4 Å². The number of hydrogen-bond acceptors (Lipinski definition) is 2. The van der Waals surface area contributed by atoms with E-state index in [2.05, 4.69) is 17.6 Å². The number of rotatable bonds is 2. The molecule has 0 N–H and O–H groups in total. The Morgan fingerprint density at radius 1 is 1.47 bits per heavy atom. The molecular weight excluding hydrogens is 247 g/mol. The normalized spacial score (nSPS) is 12.3. The molecule has 1 aromatic rings. The van der Waals surface area contributed by atoms with Crippen LogP contribution in [-0.2, 0) is 6.18 Å². The van der Waals surface area contributed by atoms with Gasteiger partial charge in [0.2, 0.25) is 0 Å². The summed E-state index contributed by atoms with van der Waals surface area (Å²) in [5.74, 6) is 0.423. The number of aromatic nitrogens is 1. The standard InChI is InChI=1S/C9H7ClF3NS/c10-8-6(2-1-3-15)4-7(5-14-8)9(11,12)13/h1-2,4-5,15H,3H2. The molecule has 0 aliphatic rings. The largest absolute Gasteiger partial charge is 0.417 e. The van der Waals surface area contributed by atoms with Crippen molar-refractivity contribution in [3.63, 3.8) is 0 Å². The van der Waals surface area contributed by atoms with Gasteiger partial charge in [0, 0.05) is 17.5 Å². The Hall–Kier alpha value is -0.680. The van der Waals surface area contributed by atoms with Crippen LogP contribution >= 0.6 is 24.2 Å². The Balaban J connectivity index is 3.11. The summed E-state index contributed by atoms with van der Waals surface area (Å²) in [6.07, 6.45) is -0.648. The van der Waals surface area contributed by atoms with E-state index in [1.165, 1.54) is 6.08 Å². The number of thiol groups is 1. The second-order valence-electron chi connectivity index (χ2n) is 2.69. The fraction of sp³-hybridized carbons (Fsp3) is 0.222. The van der Waals surface area contributed by atoms with Crippen LogP contribution in [-0.4, -0.2) is 10.7 Å². The van der Waals surface area contributed by atoms with E-state index in [0.717, 1.165) is 6.07 Å². The zero-order valence-corrected chi connectivity index (χ0v) is 9.07. The molecule has 6 heteroatoms. The van der Waals surface area contributed by atoms with Crippen molar-refractivity contribution in [1.29, 1.82) is 0 Å². The van der Waals surface area contributed by atoms with Gasteiger partial charge < -0.3 is 0 Å². The highest BCUT2D eigenvalue weighted by Gasteiger charge is 2.31. The van der Waals surface area contributed by atoms with E-state index < -0.39 is 11.7 Å². The third-order valence-corrected chi connectivity index (χ3v) is 2.12. The van der Waals surface area contributed by atoms with Crippen LogP contribution in [0.3, 0.4) is 0 Å². The van der Waals surface area contributed by atoms with Crippen LogP contribution in [0.1, 0.15) is 11.1 Å². The van der Waals surface area contributed by atoms with E-state index in [4.69, 9.17) is 11.6 Å². The van der Waals surface area contributed by atoms with E-state index in [-0.39, 0.29) is 10.7 Å². The molecule has 0 amide bonds. The van der Waals surface area contributed by atoms with Crippen LogP contribution in [0.25, 0.3) is 6.08 Å². The van der Waals surface area contributed by atoms with Gasteiger partial charge in [0.25, 0.3) is 0 Å². The fourth-order valence-electron chi connectivity index (χ4n) is 0.917. The van der Waals surface area contributed by atoms with E-state index in [1.807, 2.05) is 0 Å². The average Bonchev–Trinajstić information content (AvgIpc) is 2.15. The Bertz CT molecular complexity index is 376. The summed E-state index contributed by atoms with van der Waals surface area (Å²) in [7, 11) is 0. The number of hydrogen-bond donors (Lipinski definition) is 1. The molecule has 0 aliphatic carbocycles. The summed E-state index contributed by atoms with van der Waals surface area (Å²) in [4.78, 5) is 3.47. The van der Waals surface area contributed by atoms with Crippen LogP contribution in [0.2, 0.25) is 5.15 Å². The van der Waals surface area contributed by atoms with Crippen molar-refractivity contribution in [2.45, 2.75) is 6.18 Å². The van der Waals surface area contributed by atoms with Crippen LogP contribution in [0, 0.1) is 0 Å². The molecule has 0 spiro atoms. The zero-order valence-electron chi connectivity index (χ0n) is 7.42. The summed E-state index contributed by atoms with van der Waals surface area (Å²) in [6.45, 7) is 0. The second-order valence-corrected chi connectivity index (χ2v) is 3.41. The number of halogens is 4. The van der Waals surface area contributed by atoms with Crippen molar-refractivity contribution in [3.05, 3.63) is 34.6 Å². The summed E-state index contributed by atoms with van der Waals surface area (Å²) >= 11 is 9.52. The molecule has 0 saturated heterocycles. The quantitative estimate of drug-likeness (QED) is 0.626. The molecule has 0 radical (unpaired) electrons. The van der Waals surface area contributed by atoms with E-state index in [9.17, 15) is 13.2 Å². The molecule has 0 bridgehead atoms. The molecule has 0 unspecified atom stereocenters. The minimum Gasteiger partial charge on any atom is -0.243 e. The van der Waals surface area contributed by atoms with Gasteiger partial charge in [0.05, 0.1) is 5.56 Å². The maximum absolute atomic E-state index is 12.3. The molecule has 0 saturated carbocycles. The van der Waals surface area contributed by atoms with Gasteiger partial charge in [-0.3, -0.25) is 0 Å². The molecule has 0 fully saturated rings. The maximum atomic E-state index is 12.3. The number of pyridine rings is 1. The first kappa shape index (κ1) is 12.4. The summed E-state index contributed by atoms with van der Waals surface area (Å²) < 4.78 is 36.9. The lowest BCUT2D eigenvalue weighted by Crippen LogP contribution is -2.05. The predicted octanol–water partition coefficient (Wildman–Crippen LogP) is 3.70. The zero-order chi connectivity index (χ0) is 11.5. The van der Waals surface area contributed by atoms with Gasteiger partial charge in [0.1, 0.15) is 5.15 Å². The topological polar surface area (TPSA) is 12.9 Å². The Morgan fingerprint density at radius 3 is 2.67 bits per heavy atom. The number of nitrogens with zero attached hydrogens (tertiary/aromatic N) is 1. The first-order chi connectivity index (χ1) is 6.95. The Morgan fingerprint density at radius 2 is 2.13 bits per heavy atom. The molecule has 0 aliphatic heterocycles. The lowest BCUT2D eigenvalue weighted by molar-refractivity contribution is -0.137. The molecule has 15 heavy (non-hydrogen) atoms. The van der Waals surface area contributed by atoms with Crippen molar-refractivity contribution in [1.82, 2.24) is 4.98 Å². The molecule has 1 heterocycles. The molecule has 0 atom stereocenters. The highest BCUT2D eigenvalue weighted by Crippen LogP contribution is 2.30. The van der Waals surface area contributed by atoms with Crippen molar-refractivity contribution < 1.29 is 13.2 Å². The van der Waals surface area contributed by atoms with E-state index in [1.54, 1.807) is 6.08 Å². The smallest absolute Gasteiger partial charge is 0.243 e. The number of alkyl halides is 3. The molecule has 1 rings (SSSR count). The molecule has 82 valence electrons.